The van der Waals surface area contributed by atoms with Crippen molar-refractivity contribution in [3.05, 3.63) is 194 Å². The second-order valence-electron chi connectivity index (χ2n) is 14.9. The minimum Gasteiger partial charge on any atom is -0.456 e. The molecule has 0 radical (unpaired) electrons. The second kappa shape index (κ2) is 13.3. The van der Waals surface area contributed by atoms with E-state index >= 15 is 0 Å². The fraction of sp³-hybridized carbons (Fsp3) is 0. The van der Waals surface area contributed by atoms with Crippen molar-refractivity contribution in [3.8, 4) is 56.4 Å². The van der Waals surface area contributed by atoms with Crippen molar-refractivity contribution in [1.29, 1.82) is 0 Å². The molecule has 5 nitrogen and oxygen atoms in total. The first-order valence-corrected chi connectivity index (χ1v) is 19.8. The Bertz CT molecular complexity index is 3610. The van der Waals surface area contributed by atoms with Crippen molar-refractivity contribution in [2.45, 2.75) is 0 Å². The predicted octanol–water partition coefficient (Wildman–Crippen LogP) is 14.1. The molecule has 12 aromatic rings. The Kier molecular flexibility index (Phi) is 7.47. The number of para-hydroxylation sites is 1. The number of nitrogens with zero attached hydrogens (tertiary/aromatic N) is 4. The van der Waals surface area contributed by atoms with E-state index in [9.17, 15) is 0 Å². The first-order chi connectivity index (χ1) is 29.2. The van der Waals surface area contributed by atoms with Gasteiger partial charge in [0.2, 0.25) is 0 Å². The van der Waals surface area contributed by atoms with E-state index in [0.717, 1.165) is 82.6 Å². The largest absolute Gasteiger partial charge is 0.456 e. The Morgan fingerprint density at radius 3 is 1.66 bits per heavy atom. The zero-order valence-electron chi connectivity index (χ0n) is 31.7. The Hall–Kier alpha value is -8.02. The third kappa shape index (κ3) is 5.40. The highest BCUT2D eigenvalue weighted by atomic mass is 16.3. The van der Waals surface area contributed by atoms with Gasteiger partial charge >= 0.3 is 0 Å². The molecule has 274 valence electrons. The molecule has 0 atom stereocenters. The SMILES string of the molecule is c1ccc(-c2nc(-c3ccc(-c4cc5ncc6ccccc6c5c5ccccc45)cc3)nc(-c3ccc(-c4cccc5oc6ccccc6c45)c4ccccc34)n2)cc1. The molecule has 0 aliphatic carbocycles. The number of benzene rings is 9. The lowest BCUT2D eigenvalue weighted by Crippen LogP contribution is -2.01. The van der Waals surface area contributed by atoms with E-state index < -0.39 is 0 Å². The minimum absolute atomic E-state index is 0.611. The van der Waals surface area contributed by atoms with Crippen LogP contribution in [-0.2, 0) is 0 Å². The van der Waals surface area contributed by atoms with Gasteiger partial charge in [0, 0.05) is 44.4 Å². The van der Waals surface area contributed by atoms with Gasteiger partial charge in [-0.05, 0) is 73.5 Å². The van der Waals surface area contributed by atoms with E-state index in [0.29, 0.717) is 17.5 Å². The molecule has 5 heteroatoms. The van der Waals surface area contributed by atoms with Crippen LogP contribution in [0.15, 0.2) is 199 Å². The molecule has 9 aromatic carbocycles. The summed E-state index contributed by atoms with van der Waals surface area (Å²) in [6, 6.07) is 65.4. The molecular formula is C54H32N4O. The molecule has 59 heavy (non-hydrogen) atoms. The van der Waals surface area contributed by atoms with Crippen LogP contribution in [0.1, 0.15) is 0 Å². The van der Waals surface area contributed by atoms with E-state index in [1.807, 2.05) is 54.7 Å². The van der Waals surface area contributed by atoms with E-state index in [-0.39, 0.29) is 0 Å². The minimum atomic E-state index is 0.611. The smallest absolute Gasteiger partial charge is 0.164 e. The molecule has 3 heterocycles. The highest BCUT2D eigenvalue weighted by Gasteiger charge is 2.19. The average molecular weight is 753 g/mol. The molecule has 0 saturated carbocycles. The van der Waals surface area contributed by atoms with Crippen molar-refractivity contribution in [2.24, 2.45) is 0 Å². The van der Waals surface area contributed by atoms with E-state index in [4.69, 9.17) is 24.4 Å². The summed E-state index contributed by atoms with van der Waals surface area (Å²) in [6.45, 7) is 0. The molecule has 3 aromatic heterocycles. The van der Waals surface area contributed by atoms with Crippen LogP contribution in [0.2, 0.25) is 0 Å². The molecule has 0 saturated heterocycles. The lowest BCUT2D eigenvalue weighted by Gasteiger charge is -2.14. The number of aromatic nitrogens is 4. The van der Waals surface area contributed by atoms with Gasteiger partial charge in [-0.25, -0.2) is 15.0 Å². The van der Waals surface area contributed by atoms with Gasteiger partial charge in [-0.2, -0.15) is 0 Å². The molecule has 0 aliphatic rings. The summed E-state index contributed by atoms with van der Waals surface area (Å²) in [5.41, 5.74) is 9.98. The van der Waals surface area contributed by atoms with Crippen LogP contribution in [0, 0.1) is 0 Å². The van der Waals surface area contributed by atoms with Crippen LogP contribution in [0.25, 0.3) is 122 Å². The topological polar surface area (TPSA) is 64.7 Å². The third-order valence-electron chi connectivity index (χ3n) is 11.6. The van der Waals surface area contributed by atoms with E-state index in [1.165, 1.54) is 21.5 Å². The lowest BCUT2D eigenvalue weighted by molar-refractivity contribution is 0.669. The predicted molar refractivity (Wildman–Crippen MR) is 242 cm³/mol. The maximum Gasteiger partial charge on any atom is 0.164 e. The molecule has 12 rings (SSSR count). The van der Waals surface area contributed by atoms with Crippen molar-refractivity contribution in [3.63, 3.8) is 0 Å². The van der Waals surface area contributed by atoms with Crippen LogP contribution in [0.4, 0.5) is 0 Å². The highest BCUT2D eigenvalue weighted by molar-refractivity contribution is 6.22. The van der Waals surface area contributed by atoms with Crippen LogP contribution < -0.4 is 0 Å². The monoisotopic (exact) mass is 752 g/mol. The summed E-state index contributed by atoms with van der Waals surface area (Å²) >= 11 is 0. The summed E-state index contributed by atoms with van der Waals surface area (Å²) < 4.78 is 6.28. The van der Waals surface area contributed by atoms with Gasteiger partial charge in [0.15, 0.2) is 17.5 Å². The zero-order chi connectivity index (χ0) is 38.9. The van der Waals surface area contributed by atoms with Crippen molar-refractivity contribution in [2.75, 3.05) is 0 Å². The lowest BCUT2D eigenvalue weighted by atomic mass is 9.92. The molecule has 0 unspecified atom stereocenters. The summed E-state index contributed by atoms with van der Waals surface area (Å²) in [5, 5.41) is 10.3. The van der Waals surface area contributed by atoms with E-state index in [2.05, 4.69) is 140 Å². The number of hydrogen-bond acceptors (Lipinski definition) is 5. The van der Waals surface area contributed by atoms with Gasteiger partial charge in [-0.1, -0.05) is 164 Å². The fourth-order valence-corrected chi connectivity index (χ4v) is 8.83. The van der Waals surface area contributed by atoms with Gasteiger partial charge in [0.1, 0.15) is 11.2 Å². The Morgan fingerprint density at radius 1 is 0.322 bits per heavy atom. The van der Waals surface area contributed by atoms with Crippen LogP contribution in [0.5, 0.6) is 0 Å². The maximum absolute atomic E-state index is 6.28. The molecule has 0 N–H and O–H groups in total. The van der Waals surface area contributed by atoms with Gasteiger partial charge in [-0.3, -0.25) is 4.98 Å². The van der Waals surface area contributed by atoms with Crippen LogP contribution >= 0.6 is 0 Å². The van der Waals surface area contributed by atoms with E-state index in [1.54, 1.807) is 0 Å². The Labute approximate surface area is 338 Å². The van der Waals surface area contributed by atoms with Crippen molar-refractivity contribution in [1.82, 2.24) is 19.9 Å². The summed E-state index contributed by atoms with van der Waals surface area (Å²) in [6.07, 6.45) is 1.97. The molecular weight excluding hydrogens is 721 g/mol. The van der Waals surface area contributed by atoms with Gasteiger partial charge in [0.25, 0.3) is 0 Å². The van der Waals surface area contributed by atoms with Crippen molar-refractivity contribution < 1.29 is 4.42 Å². The summed E-state index contributed by atoms with van der Waals surface area (Å²) in [7, 11) is 0. The number of rotatable bonds is 5. The molecule has 0 bridgehead atoms. The summed E-state index contributed by atoms with van der Waals surface area (Å²) in [5.74, 6) is 1.85. The standard InChI is InChI=1S/C54H32N4O/c1-2-13-34(14-3-1)52-56-53(35-27-25-33(26-28-35)46-31-47-50(42-20-9-8-19-40(42)46)37-16-5-4-15-36(37)32-55-47)58-54(57-52)44-30-29-41(38-17-6-7-18-39(38)44)43-22-12-24-49-51(43)45-21-10-11-23-48(45)59-49/h1-32H. The third-order valence-corrected chi connectivity index (χ3v) is 11.6. The van der Waals surface area contributed by atoms with Gasteiger partial charge < -0.3 is 4.42 Å². The molecule has 0 aliphatic heterocycles. The molecule has 0 spiro atoms. The molecule has 0 fully saturated rings. The number of furan rings is 1. The Balaban J connectivity index is 1.00. The average Bonchev–Trinajstić information content (AvgIpc) is 3.70. The first kappa shape index (κ1) is 33.2. The first-order valence-electron chi connectivity index (χ1n) is 19.8. The zero-order valence-corrected chi connectivity index (χ0v) is 31.7. The van der Waals surface area contributed by atoms with Crippen molar-refractivity contribution >= 4 is 65.2 Å². The fourth-order valence-electron chi connectivity index (χ4n) is 8.83. The highest BCUT2D eigenvalue weighted by Crippen LogP contribution is 2.42. The van der Waals surface area contributed by atoms with Crippen LogP contribution in [-0.4, -0.2) is 19.9 Å². The number of pyridine rings is 1. The normalized spacial score (nSPS) is 11.7. The van der Waals surface area contributed by atoms with Gasteiger partial charge in [-0.15, -0.1) is 0 Å². The maximum atomic E-state index is 6.28. The molecule has 0 amide bonds. The number of fused-ring (bicyclic) bond motifs is 9. The van der Waals surface area contributed by atoms with Crippen LogP contribution in [0.3, 0.4) is 0 Å². The van der Waals surface area contributed by atoms with Gasteiger partial charge in [0.05, 0.1) is 5.52 Å². The second-order valence-corrected chi connectivity index (χ2v) is 14.9. The quantitative estimate of drug-likeness (QED) is 0.164. The summed E-state index contributed by atoms with van der Waals surface area (Å²) in [4.78, 5) is 20.4. The Morgan fingerprint density at radius 2 is 0.881 bits per heavy atom. The number of hydrogen-bond donors (Lipinski definition) is 0.